The van der Waals surface area contributed by atoms with Gasteiger partial charge in [-0.3, -0.25) is 4.18 Å². The molecule has 0 saturated heterocycles. The topological polar surface area (TPSA) is 66.4 Å². The molecule has 0 fully saturated rings. The average Bonchev–Trinajstić information content (AvgIpc) is 2.53. The molecule has 6 heteroatoms. The molecule has 1 unspecified atom stereocenters. The molecular formula is C19H37NaO4S. The normalized spacial score (nSPS) is 13.1. The Morgan fingerprint density at radius 2 is 1.40 bits per heavy atom. The third-order valence-corrected chi connectivity index (χ3v) is 4.66. The van der Waals surface area contributed by atoms with E-state index in [0.717, 1.165) is 25.7 Å². The molecule has 0 spiro atoms. The van der Waals surface area contributed by atoms with Crippen molar-refractivity contribution in [3.63, 3.8) is 0 Å². The van der Waals surface area contributed by atoms with Crippen LogP contribution in [0.5, 0.6) is 0 Å². The van der Waals surface area contributed by atoms with Gasteiger partial charge >= 0.3 is 29.6 Å². The minimum atomic E-state index is -4.59. The summed E-state index contributed by atoms with van der Waals surface area (Å²) in [6.07, 6.45) is 19.5. The molecule has 0 N–H and O–H groups in total. The Hall–Kier alpha value is 0.610. The van der Waals surface area contributed by atoms with E-state index in [9.17, 15) is 13.0 Å². The maximum Gasteiger partial charge on any atom is 1.00 e. The first kappa shape index (κ1) is 27.8. The predicted molar refractivity (Wildman–Crippen MR) is 99.6 cm³/mol. The van der Waals surface area contributed by atoms with Crippen LogP contribution in [0.2, 0.25) is 0 Å². The number of unbranched alkanes of at least 4 members (excludes halogenated alkanes) is 10. The molecule has 0 bridgehead atoms. The summed E-state index contributed by atoms with van der Waals surface area (Å²) in [7, 11) is -4.59. The Bertz CT molecular complexity index is 396. The van der Waals surface area contributed by atoms with Crippen molar-refractivity contribution in [1.82, 2.24) is 0 Å². The van der Waals surface area contributed by atoms with Crippen molar-refractivity contribution >= 4 is 10.4 Å². The van der Waals surface area contributed by atoms with Gasteiger partial charge in [-0.25, -0.2) is 8.42 Å². The van der Waals surface area contributed by atoms with E-state index in [4.69, 9.17) is 0 Å². The van der Waals surface area contributed by atoms with Gasteiger partial charge in [0.15, 0.2) is 0 Å². The molecule has 4 nitrogen and oxygen atoms in total. The summed E-state index contributed by atoms with van der Waals surface area (Å²) in [5, 5.41) is 0. The van der Waals surface area contributed by atoms with Gasteiger partial charge in [0.25, 0.3) is 0 Å². The van der Waals surface area contributed by atoms with E-state index in [1.165, 1.54) is 57.8 Å². The quantitative estimate of drug-likeness (QED) is 0.127. The van der Waals surface area contributed by atoms with Crippen molar-refractivity contribution in [2.45, 2.75) is 97.3 Å². The van der Waals surface area contributed by atoms with E-state index in [1.54, 1.807) is 0 Å². The molecule has 0 aromatic carbocycles. The third kappa shape index (κ3) is 22.6. The van der Waals surface area contributed by atoms with Gasteiger partial charge in [0, 0.05) is 5.92 Å². The zero-order chi connectivity index (χ0) is 18.1. The van der Waals surface area contributed by atoms with E-state index in [2.05, 4.69) is 24.1 Å². The monoisotopic (exact) mass is 384 g/mol. The third-order valence-electron chi connectivity index (χ3n) is 4.24. The van der Waals surface area contributed by atoms with Crippen LogP contribution in [0.3, 0.4) is 0 Å². The molecule has 1 atom stereocenters. The van der Waals surface area contributed by atoms with Gasteiger partial charge in [-0.2, -0.15) is 0 Å². The van der Waals surface area contributed by atoms with Gasteiger partial charge in [-0.15, -0.1) is 0 Å². The fourth-order valence-electron chi connectivity index (χ4n) is 2.75. The number of rotatable bonds is 17. The first-order valence-corrected chi connectivity index (χ1v) is 11.1. The maximum atomic E-state index is 10.7. The summed E-state index contributed by atoms with van der Waals surface area (Å²) in [6, 6.07) is 0. The van der Waals surface area contributed by atoms with Crippen molar-refractivity contribution in [1.29, 1.82) is 0 Å². The van der Waals surface area contributed by atoms with Crippen LogP contribution in [0.4, 0.5) is 0 Å². The fraction of sp³-hybridized carbons (Fsp3) is 0.895. The van der Waals surface area contributed by atoms with Gasteiger partial charge in [0.1, 0.15) is 0 Å². The second kappa shape index (κ2) is 19.4. The van der Waals surface area contributed by atoms with Gasteiger partial charge in [0.05, 0.1) is 6.61 Å². The predicted octanol–water partition coefficient (Wildman–Crippen LogP) is 2.75. The zero-order valence-corrected chi connectivity index (χ0v) is 19.5. The molecule has 0 aliphatic heterocycles. The summed E-state index contributed by atoms with van der Waals surface area (Å²) >= 11 is 0. The molecule has 0 aliphatic rings. The molecule has 0 aliphatic carbocycles. The number of allylic oxidation sites excluding steroid dienone is 1. The molecule has 25 heavy (non-hydrogen) atoms. The average molecular weight is 385 g/mol. The molecule has 0 saturated carbocycles. The van der Waals surface area contributed by atoms with E-state index in [1.807, 2.05) is 6.08 Å². The fourth-order valence-corrected chi connectivity index (χ4v) is 3.09. The Morgan fingerprint density at radius 1 is 0.880 bits per heavy atom. The van der Waals surface area contributed by atoms with Crippen LogP contribution in [0, 0.1) is 5.92 Å². The van der Waals surface area contributed by atoms with Crippen LogP contribution in [-0.2, 0) is 14.6 Å². The molecular weight excluding hydrogens is 347 g/mol. The van der Waals surface area contributed by atoms with Crippen molar-refractivity contribution in [2.75, 3.05) is 6.61 Å². The van der Waals surface area contributed by atoms with Gasteiger partial charge in [-0.1, -0.05) is 90.2 Å². The molecule has 0 heterocycles. The van der Waals surface area contributed by atoms with E-state index < -0.39 is 10.4 Å². The Labute approximate surface area is 178 Å². The summed E-state index contributed by atoms with van der Waals surface area (Å²) in [6.45, 7) is 4.38. The van der Waals surface area contributed by atoms with Crippen molar-refractivity contribution < 1.29 is 46.7 Å². The van der Waals surface area contributed by atoms with Crippen LogP contribution in [0.1, 0.15) is 97.3 Å². The smallest absolute Gasteiger partial charge is 0.726 e. The Kier molecular flexibility index (Phi) is 21.6. The van der Waals surface area contributed by atoms with Gasteiger partial charge < -0.3 is 4.55 Å². The molecule has 0 rings (SSSR count). The van der Waals surface area contributed by atoms with Crippen molar-refractivity contribution in [3.8, 4) is 0 Å². The molecule has 0 amide bonds. The largest absolute Gasteiger partial charge is 1.00 e. The van der Waals surface area contributed by atoms with Crippen LogP contribution >= 0.6 is 0 Å². The van der Waals surface area contributed by atoms with Crippen LogP contribution in [-0.4, -0.2) is 19.6 Å². The van der Waals surface area contributed by atoms with E-state index in [-0.39, 0.29) is 42.1 Å². The van der Waals surface area contributed by atoms with Gasteiger partial charge in [-0.05, 0) is 19.3 Å². The van der Waals surface area contributed by atoms with Crippen LogP contribution in [0.15, 0.2) is 12.2 Å². The Balaban J connectivity index is 0. The molecule has 144 valence electrons. The van der Waals surface area contributed by atoms with Crippen molar-refractivity contribution in [2.24, 2.45) is 5.92 Å². The van der Waals surface area contributed by atoms with Crippen molar-refractivity contribution in [3.05, 3.63) is 12.2 Å². The van der Waals surface area contributed by atoms with Crippen LogP contribution < -0.4 is 29.6 Å². The Morgan fingerprint density at radius 3 is 1.96 bits per heavy atom. The number of hydrogen-bond acceptors (Lipinski definition) is 4. The number of hydrogen-bond donors (Lipinski definition) is 0. The summed E-state index contributed by atoms with van der Waals surface area (Å²) in [4.78, 5) is 0. The standard InChI is InChI=1S/C19H38O4S.Na/c1-3-5-7-9-10-11-13-15-17-19(18-23-24(20,21)22)16-14-12-8-6-4-2;/h15,17,19H,3-14,16,18H2,1-2H3,(H,20,21,22);/q;+1/p-1/b17-15+;. The summed E-state index contributed by atoms with van der Waals surface area (Å²) < 4.78 is 36.4. The van der Waals surface area contributed by atoms with Crippen LogP contribution in [0.25, 0.3) is 0 Å². The SMILES string of the molecule is CCCCCCCC/C=C/C(CCCCCCC)COS(=O)(=O)[O-].[Na+]. The minimum absolute atomic E-state index is 0. The second-order valence-corrected chi connectivity index (χ2v) is 7.69. The second-order valence-electron chi connectivity index (χ2n) is 6.64. The maximum absolute atomic E-state index is 10.7. The zero-order valence-electron chi connectivity index (χ0n) is 16.7. The molecule has 0 aromatic heterocycles. The molecule has 0 aromatic rings. The first-order chi connectivity index (χ1) is 11.5. The minimum Gasteiger partial charge on any atom is -0.726 e. The van der Waals surface area contributed by atoms with E-state index in [0.29, 0.717) is 0 Å². The summed E-state index contributed by atoms with van der Waals surface area (Å²) in [5.41, 5.74) is 0. The summed E-state index contributed by atoms with van der Waals surface area (Å²) in [5.74, 6) is 0.0236. The first-order valence-electron chi connectivity index (χ1n) is 9.76. The molecule has 0 radical (unpaired) electrons. The van der Waals surface area contributed by atoms with E-state index >= 15 is 0 Å². The van der Waals surface area contributed by atoms with Gasteiger partial charge in [0.2, 0.25) is 10.4 Å².